The summed E-state index contributed by atoms with van der Waals surface area (Å²) in [5, 5.41) is 0. The van der Waals surface area contributed by atoms with Gasteiger partial charge in [0.2, 0.25) is 0 Å². The summed E-state index contributed by atoms with van der Waals surface area (Å²) in [4.78, 5) is 2.23. The van der Waals surface area contributed by atoms with Crippen LogP contribution in [0.1, 0.15) is 32.4 Å². The van der Waals surface area contributed by atoms with Crippen molar-refractivity contribution in [2.45, 2.75) is 33.2 Å². The van der Waals surface area contributed by atoms with Gasteiger partial charge in [-0.1, -0.05) is 32.9 Å². The van der Waals surface area contributed by atoms with Crippen LogP contribution < -0.4 is 10.5 Å². The molecular weight excluding hydrogens is 281 g/mol. The lowest BCUT2D eigenvalue weighted by atomic mass is 10.0. The fourth-order valence-corrected chi connectivity index (χ4v) is 2.33. The number of rotatable bonds is 7. The van der Waals surface area contributed by atoms with Crippen molar-refractivity contribution in [3.8, 4) is 5.75 Å². The van der Waals surface area contributed by atoms with E-state index in [-0.39, 0.29) is 11.8 Å². The summed E-state index contributed by atoms with van der Waals surface area (Å²) in [5.41, 5.74) is 6.74. The maximum absolute atomic E-state index is 12.1. The van der Waals surface area contributed by atoms with Crippen molar-refractivity contribution in [2.24, 2.45) is 11.7 Å². The van der Waals surface area contributed by atoms with Crippen LogP contribution in [-0.4, -0.2) is 30.9 Å². The second kappa shape index (κ2) is 7.66. The van der Waals surface area contributed by atoms with E-state index in [1.54, 1.807) is 12.1 Å². The van der Waals surface area contributed by atoms with Crippen molar-refractivity contribution in [3.63, 3.8) is 0 Å². The molecule has 0 heterocycles. The molecule has 0 aliphatic heterocycles. The monoisotopic (exact) mass is 304 g/mol. The maximum atomic E-state index is 12.1. The first-order valence-corrected chi connectivity index (χ1v) is 7.06. The van der Waals surface area contributed by atoms with Gasteiger partial charge in [-0.25, -0.2) is 0 Å². The van der Waals surface area contributed by atoms with Crippen LogP contribution in [0, 0.1) is 5.92 Å². The van der Waals surface area contributed by atoms with Gasteiger partial charge >= 0.3 is 6.36 Å². The molecule has 0 bridgehead atoms. The number of halogens is 3. The highest BCUT2D eigenvalue weighted by Crippen LogP contribution is 2.26. The SMILES string of the molecule is CCN(CC(C)C)C(CN)c1ccc(OC(F)(F)F)cc1. The van der Waals surface area contributed by atoms with Gasteiger partial charge in [-0.2, -0.15) is 0 Å². The molecule has 0 amide bonds. The van der Waals surface area contributed by atoms with E-state index >= 15 is 0 Å². The summed E-state index contributed by atoms with van der Waals surface area (Å²) in [6.07, 6.45) is -4.66. The fourth-order valence-electron chi connectivity index (χ4n) is 2.33. The summed E-state index contributed by atoms with van der Waals surface area (Å²) in [5.74, 6) is 0.278. The van der Waals surface area contributed by atoms with Crippen LogP contribution in [-0.2, 0) is 0 Å². The van der Waals surface area contributed by atoms with Crippen molar-refractivity contribution in [1.29, 1.82) is 0 Å². The molecule has 0 radical (unpaired) electrons. The molecule has 120 valence electrons. The average Bonchev–Trinajstić information content (AvgIpc) is 2.38. The number of alkyl halides is 3. The summed E-state index contributed by atoms with van der Waals surface area (Å²) in [6, 6.07) is 5.93. The zero-order chi connectivity index (χ0) is 16.0. The highest BCUT2D eigenvalue weighted by molar-refractivity contribution is 5.29. The normalized spacial score (nSPS) is 13.8. The first-order valence-electron chi connectivity index (χ1n) is 7.06. The molecule has 1 rings (SSSR count). The molecule has 0 aliphatic carbocycles. The summed E-state index contributed by atoms with van der Waals surface area (Å²) >= 11 is 0. The van der Waals surface area contributed by atoms with E-state index in [1.165, 1.54) is 12.1 Å². The van der Waals surface area contributed by atoms with Crippen molar-refractivity contribution in [1.82, 2.24) is 4.90 Å². The molecule has 0 saturated carbocycles. The highest BCUT2D eigenvalue weighted by Gasteiger charge is 2.31. The Labute approximate surface area is 123 Å². The summed E-state index contributed by atoms with van der Waals surface area (Å²) in [7, 11) is 0. The summed E-state index contributed by atoms with van der Waals surface area (Å²) in [6.45, 7) is 8.43. The highest BCUT2D eigenvalue weighted by atomic mass is 19.4. The molecule has 1 aromatic rings. The molecule has 0 aromatic heterocycles. The molecule has 6 heteroatoms. The van der Waals surface area contributed by atoms with E-state index in [4.69, 9.17) is 5.73 Å². The van der Waals surface area contributed by atoms with Crippen LogP contribution in [0.3, 0.4) is 0 Å². The van der Waals surface area contributed by atoms with Gasteiger partial charge in [-0.3, -0.25) is 4.90 Å². The van der Waals surface area contributed by atoms with Crippen molar-refractivity contribution in [2.75, 3.05) is 19.6 Å². The Morgan fingerprint density at radius 3 is 2.14 bits per heavy atom. The van der Waals surface area contributed by atoms with E-state index < -0.39 is 6.36 Å². The van der Waals surface area contributed by atoms with E-state index in [0.717, 1.165) is 18.7 Å². The fraction of sp³-hybridized carbons (Fsp3) is 0.600. The Hall–Kier alpha value is -1.27. The Kier molecular flexibility index (Phi) is 6.48. The molecule has 2 N–H and O–H groups in total. The lowest BCUT2D eigenvalue weighted by Gasteiger charge is -2.31. The number of hydrogen-bond donors (Lipinski definition) is 1. The van der Waals surface area contributed by atoms with Crippen LogP contribution in [0.2, 0.25) is 0 Å². The van der Waals surface area contributed by atoms with Crippen molar-refractivity contribution >= 4 is 0 Å². The molecule has 1 aromatic carbocycles. The number of hydrogen-bond acceptors (Lipinski definition) is 3. The van der Waals surface area contributed by atoms with Gasteiger partial charge in [0, 0.05) is 19.1 Å². The van der Waals surface area contributed by atoms with E-state index in [1.807, 2.05) is 6.92 Å². The molecule has 0 saturated heterocycles. The van der Waals surface area contributed by atoms with E-state index in [9.17, 15) is 13.2 Å². The first-order chi connectivity index (χ1) is 9.76. The predicted octanol–water partition coefficient (Wildman–Crippen LogP) is 3.56. The largest absolute Gasteiger partial charge is 0.573 e. The Balaban J connectivity index is 2.86. The molecule has 0 fully saturated rings. The predicted molar refractivity (Wildman–Crippen MR) is 77.0 cm³/mol. The van der Waals surface area contributed by atoms with Crippen LogP contribution >= 0.6 is 0 Å². The Morgan fingerprint density at radius 2 is 1.76 bits per heavy atom. The lowest BCUT2D eigenvalue weighted by Crippen LogP contribution is -2.36. The second-order valence-electron chi connectivity index (χ2n) is 5.35. The third-order valence-corrected chi connectivity index (χ3v) is 3.17. The van der Waals surface area contributed by atoms with Crippen LogP contribution in [0.5, 0.6) is 5.75 Å². The minimum absolute atomic E-state index is 0.00247. The van der Waals surface area contributed by atoms with Crippen LogP contribution in [0.25, 0.3) is 0 Å². The lowest BCUT2D eigenvalue weighted by molar-refractivity contribution is -0.274. The van der Waals surface area contributed by atoms with Crippen LogP contribution in [0.4, 0.5) is 13.2 Å². The number of benzene rings is 1. The third-order valence-electron chi connectivity index (χ3n) is 3.17. The topological polar surface area (TPSA) is 38.5 Å². The Morgan fingerprint density at radius 1 is 1.19 bits per heavy atom. The maximum Gasteiger partial charge on any atom is 0.573 e. The molecule has 0 aliphatic rings. The number of nitrogens with zero attached hydrogens (tertiary/aromatic N) is 1. The molecule has 21 heavy (non-hydrogen) atoms. The van der Waals surface area contributed by atoms with Gasteiger partial charge in [-0.05, 0) is 30.2 Å². The van der Waals surface area contributed by atoms with Gasteiger partial charge in [0.15, 0.2) is 0 Å². The van der Waals surface area contributed by atoms with Gasteiger partial charge in [-0.15, -0.1) is 13.2 Å². The zero-order valence-electron chi connectivity index (χ0n) is 12.7. The molecule has 3 nitrogen and oxygen atoms in total. The van der Waals surface area contributed by atoms with E-state index in [0.29, 0.717) is 12.5 Å². The molecule has 1 unspecified atom stereocenters. The number of nitrogens with two attached hydrogens (primary N) is 1. The molecule has 1 atom stereocenters. The van der Waals surface area contributed by atoms with Gasteiger partial charge < -0.3 is 10.5 Å². The number of ether oxygens (including phenoxy) is 1. The first kappa shape index (κ1) is 17.8. The summed E-state index contributed by atoms with van der Waals surface area (Å²) < 4.78 is 40.3. The second-order valence-corrected chi connectivity index (χ2v) is 5.35. The van der Waals surface area contributed by atoms with Gasteiger partial charge in [0.05, 0.1) is 0 Å². The Bertz CT molecular complexity index is 418. The molecular formula is C15H23F3N2O. The quantitative estimate of drug-likeness (QED) is 0.837. The van der Waals surface area contributed by atoms with Crippen molar-refractivity contribution in [3.05, 3.63) is 29.8 Å². The average molecular weight is 304 g/mol. The van der Waals surface area contributed by atoms with Crippen molar-refractivity contribution < 1.29 is 17.9 Å². The minimum Gasteiger partial charge on any atom is -0.406 e. The van der Waals surface area contributed by atoms with Gasteiger partial charge in [0.25, 0.3) is 0 Å². The smallest absolute Gasteiger partial charge is 0.406 e. The third kappa shape index (κ3) is 5.93. The van der Waals surface area contributed by atoms with Gasteiger partial charge in [0.1, 0.15) is 5.75 Å². The van der Waals surface area contributed by atoms with Crippen LogP contribution in [0.15, 0.2) is 24.3 Å². The molecule has 0 spiro atoms. The minimum atomic E-state index is -4.66. The zero-order valence-corrected chi connectivity index (χ0v) is 12.7. The standard InChI is InChI=1S/C15H23F3N2O/c1-4-20(10-11(2)3)14(9-19)12-5-7-13(8-6-12)21-15(16,17)18/h5-8,11,14H,4,9-10,19H2,1-3H3. The number of likely N-dealkylation sites (N-methyl/N-ethyl adjacent to an activating group) is 1. The van der Waals surface area contributed by atoms with E-state index in [2.05, 4.69) is 23.5 Å².